The molecule has 0 radical (unpaired) electrons. The molecule has 1 rings (SSSR count). The molecule has 0 spiro atoms. The quantitative estimate of drug-likeness (QED) is 0.722. The SMILES string of the molecule is CCOC(CNCc1cc(C#N)cs1)OCC. The van der Waals surface area contributed by atoms with Crippen LogP contribution in [0.1, 0.15) is 24.3 Å². The molecule has 0 unspecified atom stereocenters. The number of thiophene rings is 1. The molecule has 4 nitrogen and oxygen atoms in total. The Hall–Kier alpha value is -0.930. The van der Waals surface area contributed by atoms with Crippen molar-refractivity contribution in [2.75, 3.05) is 19.8 Å². The highest BCUT2D eigenvalue weighted by Gasteiger charge is 2.07. The van der Waals surface area contributed by atoms with Crippen LogP contribution in [0.4, 0.5) is 0 Å². The summed E-state index contributed by atoms with van der Waals surface area (Å²) in [4.78, 5) is 1.15. The lowest BCUT2D eigenvalue weighted by molar-refractivity contribution is -0.133. The lowest BCUT2D eigenvalue weighted by Crippen LogP contribution is -2.31. The second-order valence-electron chi connectivity index (χ2n) is 3.38. The summed E-state index contributed by atoms with van der Waals surface area (Å²) < 4.78 is 10.8. The van der Waals surface area contributed by atoms with Gasteiger partial charge in [0.15, 0.2) is 6.29 Å². The number of nitrogens with zero attached hydrogens (tertiary/aromatic N) is 1. The van der Waals surface area contributed by atoms with Gasteiger partial charge in [-0.05, 0) is 19.9 Å². The van der Waals surface area contributed by atoms with Gasteiger partial charge in [0.2, 0.25) is 0 Å². The average molecular weight is 254 g/mol. The van der Waals surface area contributed by atoms with E-state index in [1.807, 2.05) is 25.3 Å². The number of ether oxygens (including phenoxy) is 2. The number of nitriles is 1. The summed E-state index contributed by atoms with van der Waals surface area (Å²) in [5.41, 5.74) is 0.720. The lowest BCUT2D eigenvalue weighted by Gasteiger charge is -2.17. The first kappa shape index (κ1) is 14.1. The third-order valence-corrected chi connectivity index (χ3v) is 3.03. The third kappa shape index (κ3) is 5.29. The molecule has 5 heteroatoms. The van der Waals surface area contributed by atoms with Crippen LogP contribution in [0.25, 0.3) is 0 Å². The van der Waals surface area contributed by atoms with Crippen molar-refractivity contribution in [2.24, 2.45) is 0 Å². The minimum absolute atomic E-state index is 0.194. The fourth-order valence-corrected chi connectivity index (χ4v) is 2.16. The van der Waals surface area contributed by atoms with Crippen LogP contribution in [0.3, 0.4) is 0 Å². The highest BCUT2D eigenvalue weighted by atomic mass is 32.1. The Balaban J connectivity index is 2.27. The Kier molecular flexibility index (Phi) is 6.82. The first-order chi connectivity index (χ1) is 8.30. The van der Waals surface area contributed by atoms with E-state index in [-0.39, 0.29) is 6.29 Å². The van der Waals surface area contributed by atoms with Crippen molar-refractivity contribution in [3.05, 3.63) is 21.9 Å². The molecule has 1 N–H and O–H groups in total. The maximum absolute atomic E-state index is 8.70. The normalized spacial score (nSPS) is 10.7. The van der Waals surface area contributed by atoms with Crippen molar-refractivity contribution < 1.29 is 9.47 Å². The molecule has 94 valence electrons. The Morgan fingerprint density at radius 3 is 2.65 bits per heavy atom. The maximum atomic E-state index is 8.70. The Morgan fingerprint density at radius 1 is 1.41 bits per heavy atom. The van der Waals surface area contributed by atoms with Gasteiger partial charge in [-0.3, -0.25) is 0 Å². The summed E-state index contributed by atoms with van der Waals surface area (Å²) in [6.07, 6.45) is -0.194. The zero-order valence-electron chi connectivity index (χ0n) is 10.2. The molecular formula is C12H18N2O2S. The van der Waals surface area contributed by atoms with E-state index in [1.165, 1.54) is 0 Å². The van der Waals surface area contributed by atoms with Gasteiger partial charge < -0.3 is 14.8 Å². The standard InChI is InChI=1S/C12H18N2O2S/c1-3-15-12(16-4-2)8-14-7-11-5-10(6-13)9-17-11/h5,9,12,14H,3-4,7-8H2,1-2H3. The van der Waals surface area contributed by atoms with E-state index in [0.717, 1.165) is 17.0 Å². The smallest absolute Gasteiger partial charge is 0.169 e. The second-order valence-corrected chi connectivity index (χ2v) is 4.38. The van der Waals surface area contributed by atoms with Gasteiger partial charge in [0.25, 0.3) is 0 Å². The van der Waals surface area contributed by atoms with Gasteiger partial charge >= 0.3 is 0 Å². The zero-order valence-corrected chi connectivity index (χ0v) is 11.0. The third-order valence-electron chi connectivity index (χ3n) is 2.10. The van der Waals surface area contributed by atoms with Gasteiger partial charge in [0, 0.05) is 36.6 Å². The van der Waals surface area contributed by atoms with Gasteiger partial charge in [-0.1, -0.05) is 0 Å². The number of hydrogen-bond donors (Lipinski definition) is 1. The zero-order chi connectivity index (χ0) is 12.5. The van der Waals surface area contributed by atoms with Crippen molar-refractivity contribution in [3.8, 4) is 6.07 Å². The fourth-order valence-electron chi connectivity index (χ4n) is 1.38. The lowest BCUT2D eigenvalue weighted by atomic mass is 10.3. The van der Waals surface area contributed by atoms with Gasteiger partial charge in [0.05, 0.1) is 5.56 Å². The van der Waals surface area contributed by atoms with Crippen LogP contribution in [0, 0.1) is 11.3 Å². The highest BCUT2D eigenvalue weighted by Crippen LogP contribution is 2.13. The largest absolute Gasteiger partial charge is 0.352 e. The maximum Gasteiger partial charge on any atom is 0.169 e. The summed E-state index contributed by atoms with van der Waals surface area (Å²) in [5.74, 6) is 0. The number of nitrogens with one attached hydrogen (secondary N) is 1. The molecule has 0 fully saturated rings. The van der Waals surface area contributed by atoms with E-state index >= 15 is 0 Å². The van der Waals surface area contributed by atoms with Crippen LogP contribution in [0.15, 0.2) is 11.4 Å². The number of rotatable bonds is 8. The van der Waals surface area contributed by atoms with Gasteiger partial charge in [-0.25, -0.2) is 0 Å². The molecule has 1 aromatic heterocycles. The summed E-state index contributed by atoms with van der Waals surface area (Å²) >= 11 is 1.59. The molecule has 1 aromatic rings. The molecule has 1 heterocycles. The van der Waals surface area contributed by atoms with Crippen molar-refractivity contribution in [1.82, 2.24) is 5.32 Å². The predicted molar refractivity (Wildman–Crippen MR) is 67.8 cm³/mol. The molecular weight excluding hydrogens is 236 g/mol. The molecule has 0 saturated heterocycles. The average Bonchev–Trinajstić information content (AvgIpc) is 2.77. The van der Waals surface area contributed by atoms with Crippen molar-refractivity contribution in [2.45, 2.75) is 26.7 Å². The molecule has 0 bridgehead atoms. The summed E-state index contributed by atoms with van der Waals surface area (Å²) in [7, 11) is 0. The minimum atomic E-state index is -0.194. The van der Waals surface area contributed by atoms with E-state index in [2.05, 4.69) is 11.4 Å². The summed E-state index contributed by atoms with van der Waals surface area (Å²) in [6.45, 7) is 6.58. The van der Waals surface area contributed by atoms with Crippen LogP contribution in [0.5, 0.6) is 0 Å². The Morgan fingerprint density at radius 2 is 2.12 bits per heavy atom. The van der Waals surface area contributed by atoms with Crippen LogP contribution in [-0.4, -0.2) is 26.0 Å². The summed E-state index contributed by atoms with van der Waals surface area (Å²) in [6, 6.07) is 4.02. The summed E-state index contributed by atoms with van der Waals surface area (Å²) in [5, 5.41) is 13.8. The van der Waals surface area contributed by atoms with Crippen molar-refractivity contribution in [1.29, 1.82) is 5.26 Å². The first-order valence-electron chi connectivity index (χ1n) is 5.71. The monoisotopic (exact) mass is 254 g/mol. The molecule has 0 aliphatic rings. The molecule has 17 heavy (non-hydrogen) atoms. The Labute approximate surface area is 106 Å². The fraction of sp³-hybridized carbons (Fsp3) is 0.583. The first-order valence-corrected chi connectivity index (χ1v) is 6.59. The highest BCUT2D eigenvalue weighted by molar-refractivity contribution is 7.10. The van der Waals surface area contributed by atoms with Gasteiger partial charge in [-0.2, -0.15) is 5.26 Å². The topological polar surface area (TPSA) is 54.3 Å². The van der Waals surface area contributed by atoms with E-state index in [0.29, 0.717) is 19.8 Å². The molecule has 0 amide bonds. The molecule has 0 aliphatic heterocycles. The number of hydrogen-bond acceptors (Lipinski definition) is 5. The van der Waals surface area contributed by atoms with Crippen LogP contribution in [-0.2, 0) is 16.0 Å². The van der Waals surface area contributed by atoms with Crippen LogP contribution < -0.4 is 5.32 Å². The molecule has 0 saturated carbocycles. The van der Waals surface area contributed by atoms with E-state index < -0.39 is 0 Å². The predicted octanol–water partition coefficient (Wildman–Crippen LogP) is 2.11. The van der Waals surface area contributed by atoms with Gasteiger partial charge in [0.1, 0.15) is 6.07 Å². The molecule has 0 aliphatic carbocycles. The van der Waals surface area contributed by atoms with Crippen LogP contribution >= 0.6 is 11.3 Å². The minimum Gasteiger partial charge on any atom is -0.352 e. The molecule has 0 atom stereocenters. The van der Waals surface area contributed by atoms with E-state index in [1.54, 1.807) is 11.3 Å². The van der Waals surface area contributed by atoms with Crippen LogP contribution in [0.2, 0.25) is 0 Å². The molecule has 0 aromatic carbocycles. The van der Waals surface area contributed by atoms with Crippen molar-refractivity contribution in [3.63, 3.8) is 0 Å². The van der Waals surface area contributed by atoms with E-state index in [4.69, 9.17) is 14.7 Å². The van der Waals surface area contributed by atoms with Crippen molar-refractivity contribution >= 4 is 11.3 Å². The Bertz CT molecular complexity index is 354. The second kappa shape index (κ2) is 8.20. The van der Waals surface area contributed by atoms with Gasteiger partial charge in [-0.15, -0.1) is 11.3 Å². The van der Waals surface area contributed by atoms with E-state index in [9.17, 15) is 0 Å².